The van der Waals surface area contributed by atoms with Crippen LogP contribution in [-0.2, 0) is 17.5 Å². The molecule has 2 saturated carbocycles. The van der Waals surface area contributed by atoms with Gasteiger partial charge in [0.1, 0.15) is 6.54 Å². The number of imidazole rings is 1. The normalized spacial score (nSPS) is 24.6. The van der Waals surface area contributed by atoms with Gasteiger partial charge in [0.25, 0.3) is 0 Å². The number of fused-ring (bicyclic) bond motifs is 3. The molecule has 9 heteroatoms. The number of carbonyl (C=O) groups is 2. The van der Waals surface area contributed by atoms with E-state index in [1.54, 1.807) is 12.1 Å². The van der Waals surface area contributed by atoms with E-state index >= 15 is 0 Å². The van der Waals surface area contributed by atoms with E-state index in [0.717, 1.165) is 16.9 Å². The first-order chi connectivity index (χ1) is 13.7. The van der Waals surface area contributed by atoms with Crippen LogP contribution in [0.25, 0.3) is 11.0 Å². The third kappa shape index (κ3) is 3.95. The number of amides is 3. The maximum absolute atomic E-state index is 13.3. The minimum Gasteiger partial charge on any atom is -0.335 e. The zero-order chi connectivity index (χ0) is 20.8. The summed E-state index contributed by atoms with van der Waals surface area (Å²) in [6, 6.07) is 5.29. The molecule has 3 amide bonds. The van der Waals surface area contributed by atoms with E-state index in [0.29, 0.717) is 11.8 Å². The first-order valence-corrected chi connectivity index (χ1v) is 9.85. The summed E-state index contributed by atoms with van der Waals surface area (Å²) in [5.74, 6) is -0.253. The Kier molecular flexibility index (Phi) is 5.00. The predicted molar refractivity (Wildman–Crippen MR) is 99.8 cm³/mol. The van der Waals surface area contributed by atoms with Gasteiger partial charge in [0.05, 0.1) is 11.0 Å². The summed E-state index contributed by atoms with van der Waals surface area (Å²) >= 11 is 0. The van der Waals surface area contributed by atoms with Gasteiger partial charge in [-0.15, -0.1) is 0 Å². The number of para-hydroxylation sites is 2. The fourth-order valence-electron chi connectivity index (χ4n) is 5.02. The molecule has 2 aliphatic carbocycles. The second-order valence-electron chi connectivity index (χ2n) is 8.16. The fourth-order valence-corrected chi connectivity index (χ4v) is 5.02. The lowest BCUT2D eigenvalue weighted by molar-refractivity contribution is -0.147. The Balaban J connectivity index is 1.41. The molecule has 156 valence electrons. The minimum atomic E-state index is -4.71. The Labute approximate surface area is 165 Å². The van der Waals surface area contributed by atoms with Crippen LogP contribution in [0.2, 0.25) is 0 Å². The van der Waals surface area contributed by atoms with Gasteiger partial charge >= 0.3 is 12.2 Å². The highest BCUT2D eigenvalue weighted by molar-refractivity contribution is 5.95. The highest BCUT2D eigenvalue weighted by Gasteiger charge is 2.42. The Morgan fingerprint density at radius 1 is 1.24 bits per heavy atom. The van der Waals surface area contributed by atoms with Crippen molar-refractivity contribution in [3.63, 3.8) is 0 Å². The number of imide groups is 1. The molecule has 2 bridgehead atoms. The Morgan fingerprint density at radius 3 is 2.66 bits per heavy atom. The number of aromatic nitrogens is 2. The lowest BCUT2D eigenvalue weighted by Crippen LogP contribution is -2.47. The number of rotatable bonds is 4. The highest BCUT2D eigenvalue weighted by atomic mass is 19.4. The molecule has 0 aliphatic heterocycles. The summed E-state index contributed by atoms with van der Waals surface area (Å²) in [7, 11) is 0. The molecule has 4 unspecified atom stereocenters. The molecule has 2 aromatic rings. The number of hydrogen-bond donors (Lipinski definition) is 2. The molecule has 2 N–H and O–H groups in total. The van der Waals surface area contributed by atoms with Gasteiger partial charge in [-0.2, -0.15) is 13.2 Å². The van der Waals surface area contributed by atoms with Crippen molar-refractivity contribution in [1.82, 2.24) is 20.2 Å². The van der Waals surface area contributed by atoms with Crippen LogP contribution in [0.15, 0.2) is 24.3 Å². The molecule has 2 aliphatic rings. The van der Waals surface area contributed by atoms with Gasteiger partial charge < -0.3 is 9.88 Å². The van der Waals surface area contributed by atoms with Crippen molar-refractivity contribution in [2.24, 2.45) is 17.8 Å². The van der Waals surface area contributed by atoms with Gasteiger partial charge in [-0.05, 0) is 56.1 Å². The van der Waals surface area contributed by atoms with Crippen LogP contribution >= 0.6 is 0 Å². The lowest BCUT2D eigenvalue weighted by Gasteiger charge is -2.28. The Bertz CT molecular complexity index is 939. The summed E-state index contributed by atoms with van der Waals surface area (Å²) in [5.41, 5.74) is 0.327. The zero-order valence-corrected chi connectivity index (χ0v) is 16.0. The highest BCUT2D eigenvalue weighted by Crippen LogP contribution is 2.49. The third-order valence-electron chi connectivity index (χ3n) is 6.26. The summed E-state index contributed by atoms with van der Waals surface area (Å²) in [5, 5.41) is 4.94. The molecule has 1 aromatic heterocycles. The van der Waals surface area contributed by atoms with Gasteiger partial charge in [0.2, 0.25) is 11.7 Å². The van der Waals surface area contributed by atoms with Crippen LogP contribution in [-0.4, -0.2) is 27.5 Å². The second kappa shape index (κ2) is 7.35. The second-order valence-corrected chi connectivity index (χ2v) is 8.16. The van der Waals surface area contributed by atoms with Crippen molar-refractivity contribution in [1.29, 1.82) is 0 Å². The van der Waals surface area contributed by atoms with Crippen molar-refractivity contribution in [3.05, 3.63) is 30.1 Å². The van der Waals surface area contributed by atoms with Crippen molar-refractivity contribution in [2.75, 3.05) is 0 Å². The van der Waals surface area contributed by atoms with Gasteiger partial charge in [-0.3, -0.25) is 10.1 Å². The molecule has 29 heavy (non-hydrogen) atoms. The van der Waals surface area contributed by atoms with E-state index in [1.165, 1.54) is 31.4 Å². The van der Waals surface area contributed by atoms with Gasteiger partial charge in [0, 0.05) is 6.04 Å². The SMILES string of the molecule is CC(NC(=O)NC(=O)Cn1c(C(F)(F)F)nc2ccccc21)C1CC2CCC1C2. The number of carbonyl (C=O) groups excluding carboxylic acids is 2. The number of urea groups is 1. The maximum Gasteiger partial charge on any atom is 0.449 e. The number of alkyl halides is 3. The molecule has 1 heterocycles. The van der Waals surface area contributed by atoms with Crippen molar-refractivity contribution >= 4 is 23.0 Å². The number of nitrogens with zero attached hydrogens (tertiary/aromatic N) is 2. The summed E-state index contributed by atoms with van der Waals surface area (Å²) < 4.78 is 40.8. The summed E-state index contributed by atoms with van der Waals surface area (Å²) in [6.45, 7) is 1.27. The zero-order valence-electron chi connectivity index (χ0n) is 16.0. The van der Waals surface area contributed by atoms with E-state index in [4.69, 9.17) is 0 Å². The number of halogens is 3. The van der Waals surface area contributed by atoms with Gasteiger partial charge in [0.15, 0.2) is 0 Å². The molecule has 4 rings (SSSR count). The third-order valence-corrected chi connectivity index (χ3v) is 6.26. The van der Waals surface area contributed by atoms with Crippen LogP contribution in [0.4, 0.5) is 18.0 Å². The molecule has 2 fully saturated rings. The van der Waals surface area contributed by atoms with Crippen LogP contribution in [0.5, 0.6) is 0 Å². The number of nitrogens with one attached hydrogen (secondary N) is 2. The molecule has 4 atom stereocenters. The lowest BCUT2D eigenvalue weighted by atomic mass is 9.84. The molecule has 0 spiro atoms. The van der Waals surface area contributed by atoms with Crippen molar-refractivity contribution < 1.29 is 22.8 Å². The molecule has 6 nitrogen and oxygen atoms in total. The smallest absolute Gasteiger partial charge is 0.335 e. The Morgan fingerprint density at radius 2 is 2.00 bits per heavy atom. The average molecular weight is 408 g/mol. The molecular weight excluding hydrogens is 385 g/mol. The summed E-state index contributed by atoms with van der Waals surface area (Å²) in [6.07, 6.45) is -0.00611. The van der Waals surface area contributed by atoms with Gasteiger partial charge in [-0.1, -0.05) is 18.6 Å². The predicted octanol–water partition coefficient (Wildman–Crippen LogP) is 3.71. The average Bonchev–Trinajstić information content (AvgIpc) is 3.35. The van der Waals surface area contributed by atoms with E-state index in [-0.39, 0.29) is 17.1 Å². The summed E-state index contributed by atoms with van der Waals surface area (Å²) in [4.78, 5) is 28.1. The standard InChI is InChI=1S/C20H23F3N4O2/c1-11(14-9-12-6-7-13(14)8-12)24-19(29)26-17(28)10-27-16-5-3-2-4-15(16)25-18(27)20(21,22)23/h2-5,11-14H,6-10H2,1H3,(H2,24,26,28,29). The molecular formula is C20H23F3N4O2. The van der Waals surface area contributed by atoms with E-state index < -0.39 is 30.5 Å². The van der Waals surface area contributed by atoms with Crippen LogP contribution in [0, 0.1) is 17.8 Å². The van der Waals surface area contributed by atoms with Crippen LogP contribution in [0.1, 0.15) is 38.4 Å². The largest absolute Gasteiger partial charge is 0.449 e. The first-order valence-electron chi connectivity index (χ1n) is 9.85. The first kappa shape index (κ1) is 19.7. The topological polar surface area (TPSA) is 76.0 Å². The van der Waals surface area contributed by atoms with Crippen molar-refractivity contribution in [2.45, 2.75) is 51.4 Å². The number of hydrogen-bond acceptors (Lipinski definition) is 3. The monoisotopic (exact) mass is 408 g/mol. The number of benzene rings is 1. The quantitative estimate of drug-likeness (QED) is 0.810. The molecule has 0 saturated heterocycles. The Hall–Kier alpha value is -2.58. The molecule has 0 radical (unpaired) electrons. The van der Waals surface area contributed by atoms with E-state index in [1.807, 2.05) is 6.92 Å². The fraction of sp³-hybridized carbons (Fsp3) is 0.550. The van der Waals surface area contributed by atoms with Crippen molar-refractivity contribution in [3.8, 4) is 0 Å². The molecule has 1 aromatic carbocycles. The minimum absolute atomic E-state index is 0.0853. The van der Waals surface area contributed by atoms with Gasteiger partial charge in [-0.25, -0.2) is 9.78 Å². The van der Waals surface area contributed by atoms with Crippen LogP contribution in [0.3, 0.4) is 0 Å². The van der Waals surface area contributed by atoms with E-state index in [2.05, 4.69) is 15.6 Å². The van der Waals surface area contributed by atoms with Crippen LogP contribution < -0.4 is 10.6 Å². The maximum atomic E-state index is 13.3. The van der Waals surface area contributed by atoms with E-state index in [9.17, 15) is 22.8 Å².